The van der Waals surface area contributed by atoms with E-state index in [-0.39, 0.29) is 5.69 Å². The maximum Gasteiger partial charge on any atom is 0.501 e. The summed E-state index contributed by atoms with van der Waals surface area (Å²) in [7, 11) is -5.46. The van der Waals surface area contributed by atoms with Crippen molar-refractivity contribution in [3.63, 3.8) is 0 Å². The van der Waals surface area contributed by atoms with Crippen LogP contribution in [0.15, 0.2) is 29.2 Å². The number of rotatable bonds is 2. The van der Waals surface area contributed by atoms with Crippen molar-refractivity contribution in [2.45, 2.75) is 28.8 Å². The summed E-state index contributed by atoms with van der Waals surface area (Å²) in [5.74, 6) is -0.482. The van der Waals surface area contributed by atoms with Crippen molar-refractivity contribution >= 4 is 27.5 Å². The summed E-state index contributed by atoms with van der Waals surface area (Å²) >= 11 is 0. The van der Waals surface area contributed by atoms with Gasteiger partial charge in [-0.1, -0.05) is 0 Å². The van der Waals surface area contributed by atoms with Crippen LogP contribution in [0, 0.1) is 0 Å². The third kappa shape index (κ3) is 1.97. The van der Waals surface area contributed by atoms with E-state index in [1.165, 1.54) is 0 Å². The summed E-state index contributed by atoms with van der Waals surface area (Å²) in [5.41, 5.74) is -6.28. The van der Waals surface area contributed by atoms with Gasteiger partial charge in [0.05, 0.1) is 10.6 Å². The molecule has 1 saturated carbocycles. The SMILES string of the molecule is O=C1NC2(CC2)C(=O)N1c1ccc(S(=O)(=O)C(F)(F)F)cc1. The van der Waals surface area contributed by atoms with Gasteiger partial charge in [-0.25, -0.2) is 18.1 Å². The molecule has 2 aliphatic rings. The van der Waals surface area contributed by atoms with Crippen molar-refractivity contribution in [1.29, 1.82) is 0 Å². The fraction of sp³-hybridized carbons (Fsp3) is 0.333. The van der Waals surface area contributed by atoms with E-state index in [9.17, 15) is 31.2 Å². The Balaban J connectivity index is 1.93. The molecule has 0 radical (unpaired) electrons. The lowest BCUT2D eigenvalue weighted by Crippen LogP contribution is -2.32. The minimum Gasteiger partial charge on any atom is -0.323 e. The molecule has 22 heavy (non-hydrogen) atoms. The van der Waals surface area contributed by atoms with Crippen LogP contribution in [0.25, 0.3) is 0 Å². The van der Waals surface area contributed by atoms with E-state index in [0.29, 0.717) is 12.8 Å². The van der Waals surface area contributed by atoms with E-state index in [1.54, 1.807) is 0 Å². The van der Waals surface area contributed by atoms with Gasteiger partial charge in [0.15, 0.2) is 0 Å². The first-order valence-electron chi connectivity index (χ1n) is 6.17. The Morgan fingerprint density at radius 3 is 2.05 bits per heavy atom. The maximum atomic E-state index is 12.4. The van der Waals surface area contributed by atoms with Gasteiger partial charge in [-0.15, -0.1) is 0 Å². The van der Waals surface area contributed by atoms with Crippen LogP contribution in [0.3, 0.4) is 0 Å². The molecule has 0 bridgehead atoms. The topological polar surface area (TPSA) is 83.6 Å². The molecule has 2 fully saturated rings. The zero-order valence-corrected chi connectivity index (χ0v) is 11.7. The number of carbonyl (C=O) groups excluding carboxylic acids is 2. The molecule has 1 aromatic carbocycles. The molecule has 0 unspecified atom stereocenters. The summed E-state index contributed by atoms with van der Waals surface area (Å²) in [6, 6.07) is 2.76. The highest BCUT2D eigenvalue weighted by Gasteiger charge is 2.60. The first kappa shape index (κ1) is 14.8. The molecule has 1 N–H and O–H groups in total. The largest absolute Gasteiger partial charge is 0.501 e. The Morgan fingerprint density at radius 1 is 1.09 bits per heavy atom. The van der Waals surface area contributed by atoms with Gasteiger partial charge in [-0.05, 0) is 37.1 Å². The van der Waals surface area contributed by atoms with E-state index in [4.69, 9.17) is 0 Å². The normalized spacial score (nSPS) is 20.4. The molecule has 0 atom stereocenters. The summed E-state index contributed by atoms with van der Waals surface area (Å²) < 4.78 is 59.8. The van der Waals surface area contributed by atoms with Gasteiger partial charge in [-0.3, -0.25) is 4.79 Å². The molecule has 118 valence electrons. The van der Waals surface area contributed by atoms with Gasteiger partial charge in [-0.2, -0.15) is 13.2 Å². The molecule has 1 aliphatic heterocycles. The molecule has 3 amide bonds. The number of hydrogen-bond donors (Lipinski definition) is 1. The first-order valence-corrected chi connectivity index (χ1v) is 7.65. The van der Waals surface area contributed by atoms with E-state index in [0.717, 1.165) is 29.2 Å². The van der Waals surface area contributed by atoms with Crippen molar-refractivity contribution in [3.05, 3.63) is 24.3 Å². The molecule has 10 heteroatoms. The van der Waals surface area contributed by atoms with Crippen molar-refractivity contribution in [3.8, 4) is 0 Å². The number of halogens is 3. The number of amides is 3. The van der Waals surface area contributed by atoms with Crippen LogP contribution in [-0.2, 0) is 14.6 Å². The number of anilines is 1. The maximum absolute atomic E-state index is 12.4. The molecule has 3 rings (SSSR count). The van der Waals surface area contributed by atoms with Crippen LogP contribution < -0.4 is 10.2 Å². The van der Waals surface area contributed by atoms with Crippen molar-refractivity contribution in [2.24, 2.45) is 0 Å². The predicted molar refractivity (Wildman–Crippen MR) is 67.7 cm³/mol. The third-order valence-corrected chi connectivity index (χ3v) is 5.12. The average Bonchev–Trinajstić information content (AvgIpc) is 3.14. The number of carbonyl (C=O) groups is 2. The second kappa shape index (κ2) is 4.22. The van der Waals surface area contributed by atoms with Crippen LogP contribution in [0.2, 0.25) is 0 Å². The van der Waals surface area contributed by atoms with E-state index >= 15 is 0 Å². The summed E-state index contributed by atoms with van der Waals surface area (Å²) in [6.07, 6.45) is 1.02. The van der Waals surface area contributed by atoms with Crippen molar-refractivity contribution < 1.29 is 31.2 Å². The standard InChI is InChI=1S/C12H9F3N2O4S/c13-12(14,15)22(20,21)8-3-1-7(2-4-8)17-9(18)11(5-6-11)16-10(17)19/h1-4H,5-6H2,(H,16,19). The Morgan fingerprint density at radius 2 is 1.64 bits per heavy atom. The van der Waals surface area contributed by atoms with Crippen LogP contribution in [0.4, 0.5) is 23.7 Å². The van der Waals surface area contributed by atoms with Crippen LogP contribution in [0.5, 0.6) is 0 Å². The number of hydrogen-bond acceptors (Lipinski definition) is 4. The third-order valence-electron chi connectivity index (χ3n) is 3.62. The molecule has 1 saturated heterocycles. The van der Waals surface area contributed by atoms with E-state index in [2.05, 4.69) is 5.32 Å². The second-order valence-electron chi connectivity index (χ2n) is 5.10. The van der Waals surface area contributed by atoms with Gasteiger partial charge in [0, 0.05) is 0 Å². The Kier molecular flexibility index (Phi) is 2.84. The van der Waals surface area contributed by atoms with Crippen LogP contribution in [0.1, 0.15) is 12.8 Å². The number of alkyl halides is 3. The fourth-order valence-electron chi connectivity index (χ4n) is 2.23. The summed E-state index contributed by atoms with van der Waals surface area (Å²) in [6.45, 7) is 0. The van der Waals surface area contributed by atoms with Gasteiger partial charge in [0.1, 0.15) is 5.54 Å². The number of sulfone groups is 1. The minimum atomic E-state index is -5.46. The van der Waals surface area contributed by atoms with Crippen molar-refractivity contribution in [2.75, 3.05) is 4.90 Å². The van der Waals surface area contributed by atoms with Crippen LogP contribution in [-0.4, -0.2) is 31.4 Å². The molecule has 1 aromatic rings. The average molecular weight is 334 g/mol. The molecule has 6 nitrogen and oxygen atoms in total. The van der Waals surface area contributed by atoms with Gasteiger partial charge >= 0.3 is 11.5 Å². The van der Waals surface area contributed by atoms with Crippen LogP contribution >= 0.6 is 0 Å². The minimum absolute atomic E-state index is 0.0207. The summed E-state index contributed by atoms with van der Waals surface area (Å²) in [4.78, 5) is 23.7. The summed E-state index contributed by atoms with van der Waals surface area (Å²) in [5, 5.41) is 2.51. The predicted octanol–water partition coefficient (Wildman–Crippen LogP) is 1.57. The molecular weight excluding hydrogens is 325 g/mol. The Hall–Kier alpha value is -2.10. The van der Waals surface area contributed by atoms with Gasteiger partial charge in [0.25, 0.3) is 15.7 Å². The number of urea groups is 1. The molecule has 1 spiro atoms. The zero-order valence-electron chi connectivity index (χ0n) is 10.8. The first-order chi connectivity index (χ1) is 10.1. The lowest BCUT2D eigenvalue weighted by atomic mass is 10.2. The molecular formula is C12H9F3N2O4S. The van der Waals surface area contributed by atoms with E-state index in [1.807, 2.05) is 0 Å². The fourth-order valence-corrected chi connectivity index (χ4v) is 2.99. The number of nitrogens with one attached hydrogen (secondary N) is 1. The monoisotopic (exact) mass is 334 g/mol. The highest BCUT2D eigenvalue weighted by Crippen LogP contribution is 2.42. The van der Waals surface area contributed by atoms with E-state index < -0.39 is 37.7 Å². The lowest BCUT2D eigenvalue weighted by Gasteiger charge is -2.14. The molecule has 1 heterocycles. The number of nitrogens with zero attached hydrogens (tertiary/aromatic N) is 1. The quantitative estimate of drug-likeness (QED) is 0.832. The lowest BCUT2D eigenvalue weighted by molar-refractivity contribution is -0.119. The Labute approximate surface area is 122 Å². The highest BCUT2D eigenvalue weighted by atomic mass is 32.2. The Bertz CT molecular complexity index is 767. The van der Waals surface area contributed by atoms with Crippen molar-refractivity contribution in [1.82, 2.24) is 5.32 Å². The highest BCUT2D eigenvalue weighted by molar-refractivity contribution is 7.92. The second-order valence-corrected chi connectivity index (χ2v) is 7.04. The zero-order chi connectivity index (χ0) is 16.3. The number of imide groups is 1. The molecule has 1 aliphatic carbocycles. The van der Waals surface area contributed by atoms with Gasteiger partial charge in [0.2, 0.25) is 0 Å². The van der Waals surface area contributed by atoms with Gasteiger partial charge < -0.3 is 5.32 Å². The smallest absolute Gasteiger partial charge is 0.323 e. The number of benzene rings is 1. The molecule has 0 aromatic heterocycles.